The molecule has 0 saturated heterocycles. The number of ether oxygens (including phenoxy) is 1. The van der Waals surface area contributed by atoms with Crippen LogP contribution >= 0.6 is 0 Å². The number of anilines is 2. The Morgan fingerprint density at radius 3 is 2.94 bits per heavy atom. The third-order valence-electron chi connectivity index (χ3n) is 2.46. The first-order valence-electron chi connectivity index (χ1n) is 5.77. The van der Waals surface area contributed by atoms with Crippen LogP contribution in [0.4, 0.5) is 11.4 Å². The van der Waals surface area contributed by atoms with Crippen molar-refractivity contribution >= 4 is 17.3 Å². The Morgan fingerprint density at radius 2 is 2.28 bits per heavy atom. The van der Waals surface area contributed by atoms with Gasteiger partial charge in [-0.2, -0.15) is 0 Å². The molecule has 0 bridgehead atoms. The summed E-state index contributed by atoms with van der Waals surface area (Å²) in [5.41, 5.74) is 1.81. The number of nitrogens with zero attached hydrogens (tertiary/aromatic N) is 2. The molecule has 0 aromatic carbocycles. The largest absolute Gasteiger partial charge is 0.387 e. The zero-order valence-electron chi connectivity index (χ0n) is 11.1. The fraction of sp³-hybridized carbons (Fsp3) is 0.500. The Hall–Kier alpha value is -1.82. The van der Waals surface area contributed by atoms with Crippen LogP contribution in [0.3, 0.4) is 0 Å². The molecular weight excluding hydrogens is 232 g/mol. The number of hydrogen-bond acceptors (Lipinski definition) is 5. The van der Waals surface area contributed by atoms with Crippen molar-refractivity contribution in [2.45, 2.75) is 0 Å². The van der Waals surface area contributed by atoms with Crippen LogP contribution in [0.1, 0.15) is 0 Å². The van der Waals surface area contributed by atoms with Crippen LogP contribution in [0, 0.1) is 0 Å². The van der Waals surface area contributed by atoms with Crippen LogP contribution in [-0.2, 0) is 9.53 Å². The average Bonchev–Trinajstić information content (AvgIpc) is 2.39. The van der Waals surface area contributed by atoms with E-state index < -0.39 is 0 Å². The molecular formula is C12H20N4O2. The number of rotatable bonds is 7. The lowest BCUT2D eigenvalue weighted by Gasteiger charge is -2.19. The molecule has 0 radical (unpaired) electrons. The Labute approximate surface area is 107 Å². The molecule has 1 aromatic rings. The van der Waals surface area contributed by atoms with Gasteiger partial charge in [-0.15, -0.1) is 0 Å². The standard InChI is InChI=1S/C12H20N4O2/c1-13-10-6-11(8-14-7-10)16(2)9-12(17)15-4-5-18-3/h6-8,13H,4-5,9H2,1-3H3,(H,15,17). The number of amides is 1. The maximum atomic E-state index is 11.6. The molecule has 0 spiro atoms. The maximum Gasteiger partial charge on any atom is 0.239 e. The third-order valence-corrected chi connectivity index (χ3v) is 2.46. The highest BCUT2D eigenvalue weighted by atomic mass is 16.5. The quantitative estimate of drug-likeness (QED) is 0.684. The van der Waals surface area contributed by atoms with Gasteiger partial charge in [-0.05, 0) is 6.07 Å². The summed E-state index contributed by atoms with van der Waals surface area (Å²) in [7, 11) is 5.29. The fourth-order valence-electron chi connectivity index (χ4n) is 1.43. The van der Waals surface area contributed by atoms with Crippen molar-refractivity contribution in [2.24, 2.45) is 0 Å². The van der Waals surface area contributed by atoms with Gasteiger partial charge in [0, 0.05) is 27.7 Å². The van der Waals surface area contributed by atoms with E-state index in [1.54, 1.807) is 19.5 Å². The molecule has 0 atom stereocenters. The molecule has 0 saturated carbocycles. The van der Waals surface area contributed by atoms with E-state index in [1.807, 2.05) is 25.1 Å². The molecule has 0 aliphatic heterocycles. The van der Waals surface area contributed by atoms with Gasteiger partial charge in [-0.25, -0.2) is 0 Å². The number of carbonyl (C=O) groups is 1. The van der Waals surface area contributed by atoms with Crippen LogP contribution in [0.15, 0.2) is 18.5 Å². The van der Waals surface area contributed by atoms with Gasteiger partial charge >= 0.3 is 0 Å². The predicted octanol–water partition coefficient (Wildman–Crippen LogP) is 0.322. The Kier molecular flexibility index (Phi) is 5.93. The molecule has 100 valence electrons. The second-order valence-corrected chi connectivity index (χ2v) is 3.88. The summed E-state index contributed by atoms with van der Waals surface area (Å²) in [5, 5.41) is 5.78. The lowest BCUT2D eigenvalue weighted by Crippen LogP contribution is -2.36. The predicted molar refractivity (Wildman–Crippen MR) is 71.9 cm³/mol. The first-order valence-corrected chi connectivity index (χ1v) is 5.77. The van der Waals surface area contributed by atoms with Gasteiger partial charge in [0.1, 0.15) is 0 Å². The summed E-state index contributed by atoms with van der Waals surface area (Å²) in [5.74, 6) is -0.0376. The number of carbonyl (C=O) groups excluding carboxylic acids is 1. The SMILES string of the molecule is CNc1cncc(N(C)CC(=O)NCCOC)c1. The molecule has 6 heteroatoms. The molecule has 6 nitrogen and oxygen atoms in total. The van der Waals surface area contributed by atoms with Gasteiger partial charge in [0.15, 0.2) is 0 Å². The van der Waals surface area contributed by atoms with Crippen LogP contribution in [-0.4, -0.2) is 51.8 Å². The number of nitrogens with one attached hydrogen (secondary N) is 2. The minimum atomic E-state index is -0.0376. The molecule has 2 N–H and O–H groups in total. The number of methoxy groups -OCH3 is 1. The molecule has 1 aromatic heterocycles. The van der Waals surface area contributed by atoms with Gasteiger partial charge in [-0.1, -0.05) is 0 Å². The molecule has 0 aliphatic rings. The molecule has 0 unspecified atom stereocenters. The van der Waals surface area contributed by atoms with Gasteiger partial charge in [0.05, 0.1) is 36.9 Å². The highest BCUT2D eigenvalue weighted by Crippen LogP contribution is 2.15. The summed E-state index contributed by atoms with van der Waals surface area (Å²) in [6.07, 6.45) is 3.46. The summed E-state index contributed by atoms with van der Waals surface area (Å²) < 4.78 is 4.87. The van der Waals surface area contributed by atoms with Crippen LogP contribution in [0.25, 0.3) is 0 Å². The Bertz CT molecular complexity index is 384. The highest BCUT2D eigenvalue weighted by molar-refractivity contribution is 5.81. The van der Waals surface area contributed by atoms with E-state index in [-0.39, 0.29) is 5.91 Å². The minimum Gasteiger partial charge on any atom is -0.387 e. The van der Waals surface area contributed by atoms with Crippen LogP contribution in [0.2, 0.25) is 0 Å². The summed E-state index contributed by atoms with van der Waals surface area (Å²) >= 11 is 0. The van der Waals surface area contributed by atoms with Crippen LogP contribution in [0.5, 0.6) is 0 Å². The zero-order valence-corrected chi connectivity index (χ0v) is 11.1. The zero-order chi connectivity index (χ0) is 13.4. The third kappa shape index (κ3) is 4.58. The second kappa shape index (κ2) is 7.50. The van der Waals surface area contributed by atoms with Crippen molar-refractivity contribution in [3.63, 3.8) is 0 Å². The van der Waals surface area contributed by atoms with E-state index in [9.17, 15) is 4.79 Å². The normalized spacial score (nSPS) is 9.94. The van der Waals surface area contributed by atoms with E-state index in [2.05, 4.69) is 15.6 Å². The van der Waals surface area contributed by atoms with Crippen LogP contribution < -0.4 is 15.5 Å². The lowest BCUT2D eigenvalue weighted by molar-refractivity contribution is -0.119. The van der Waals surface area contributed by atoms with E-state index in [4.69, 9.17) is 4.74 Å². The topological polar surface area (TPSA) is 66.5 Å². The minimum absolute atomic E-state index is 0.0376. The number of pyridine rings is 1. The summed E-state index contributed by atoms with van der Waals surface area (Å²) in [6.45, 7) is 1.34. The van der Waals surface area contributed by atoms with Crippen molar-refractivity contribution in [3.05, 3.63) is 18.5 Å². The molecule has 1 amide bonds. The van der Waals surface area contributed by atoms with Crippen molar-refractivity contribution in [1.29, 1.82) is 0 Å². The first kappa shape index (κ1) is 14.2. The number of aromatic nitrogens is 1. The van der Waals surface area contributed by atoms with Gasteiger partial charge in [0.2, 0.25) is 5.91 Å². The first-order chi connectivity index (χ1) is 8.67. The van der Waals surface area contributed by atoms with E-state index >= 15 is 0 Å². The molecule has 1 rings (SSSR count). The lowest BCUT2D eigenvalue weighted by atomic mass is 10.3. The smallest absolute Gasteiger partial charge is 0.239 e. The molecule has 1 heterocycles. The fourth-order valence-corrected chi connectivity index (χ4v) is 1.43. The van der Waals surface area contributed by atoms with Crippen molar-refractivity contribution in [1.82, 2.24) is 10.3 Å². The van der Waals surface area contributed by atoms with Gasteiger partial charge < -0.3 is 20.3 Å². The van der Waals surface area contributed by atoms with Crippen molar-refractivity contribution in [2.75, 3.05) is 51.1 Å². The van der Waals surface area contributed by atoms with Gasteiger partial charge in [0.25, 0.3) is 0 Å². The Morgan fingerprint density at radius 1 is 1.50 bits per heavy atom. The summed E-state index contributed by atoms with van der Waals surface area (Å²) in [4.78, 5) is 17.6. The highest BCUT2D eigenvalue weighted by Gasteiger charge is 2.07. The van der Waals surface area contributed by atoms with E-state index in [0.29, 0.717) is 19.7 Å². The molecule has 0 aliphatic carbocycles. The second-order valence-electron chi connectivity index (χ2n) is 3.88. The van der Waals surface area contributed by atoms with E-state index in [1.165, 1.54) is 0 Å². The maximum absolute atomic E-state index is 11.6. The van der Waals surface area contributed by atoms with Gasteiger partial charge in [-0.3, -0.25) is 9.78 Å². The molecule has 18 heavy (non-hydrogen) atoms. The number of likely N-dealkylation sites (N-methyl/N-ethyl adjacent to an activating group) is 1. The summed E-state index contributed by atoms with van der Waals surface area (Å²) in [6, 6.07) is 1.94. The Balaban J connectivity index is 2.48. The molecule has 0 fully saturated rings. The monoisotopic (exact) mass is 252 g/mol. The van der Waals surface area contributed by atoms with Crippen molar-refractivity contribution < 1.29 is 9.53 Å². The van der Waals surface area contributed by atoms with E-state index in [0.717, 1.165) is 11.4 Å². The number of hydrogen-bond donors (Lipinski definition) is 2. The van der Waals surface area contributed by atoms with Crippen molar-refractivity contribution in [3.8, 4) is 0 Å². The average molecular weight is 252 g/mol.